The minimum Gasteiger partial charge on any atom is -0.340 e. The van der Waals surface area contributed by atoms with E-state index in [0.717, 1.165) is 38.2 Å². The summed E-state index contributed by atoms with van der Waals surface area (Å²) in [5, 5.41) is 11.7. The molecule has 8 nitrogen and oxygen atoms in total. The van der Waals surface area contributed by atoms with E-state index in [2.05, 4.69) is 20.6 Å². The van der Waals surface area contributed by atoms with Gasteiger partial charge in [0, 0.05) is 52.0 Å². The lowest BCUT2D eigenvalue weighted by molar-refractivity contribution is 0.0787. The molecule has 0 aromatic carbocycles. The number of imidazole rings is 1. The molecular weight excluding hydrogens is 330 g/mol. The number of hydrogen-bond acceptors (Lipinski definition) is 5. The summed E-state index contributed by atoms with van der Waals surface area (Å²) in [6.07, 6.45) is 12.0. The maximum Gasteiger partial charge on any atom is 0.275 e. The molecule has 3 heterocycles. The molecule has 0 bridgehead atoms. The Bertz CT molecular complexity index is 702. The van der Waals surface area contributed by atoms with Crippen LogP contribution in [-0.4, -0.2) is 61.5 Å². The molecule has 0 spiro atoms. The topological polar surface area (TPSA) is 80.9 Å². The van der Waals surface area contributed by atoms with Gasteiger partial charge in [0.2, 0.25) is 0 Å². The van der Waals surface area contributed by atoms with Gasteiger partial charge in [-0.15, -0.1) is 5.10 Å². The number of amides is 1. The minimum atomic E-state index is -0.0770. The average Bonchev–Trinajstić information content (AvgIpc) is 3.29. The number of aryl methyl sites for hydroxylation is 3. The van der Waals surface area contributed by atoms with Crippen LogP contribution in [0.3, 0.4) is 0 Å². The van der Waals surface area contributed by atoms with Crippen molar-refractivity contribution >= 4 is 5.91 Å². The van der Waals surface area contributed by atoms with Gasteiger partial charge < -0.3 is 14.8 Å². The molecule has 2 aromatic rings. The number of nitrogens with one attached hydrogen (secondary N) is 1. The molecule has 2 aromatic heterocycles. The molecule has 8 heteroatoms. The summed E-state index contributed by atoms with van der Waals surface area (Å²) in [5.74, 6) is 0.958. The Hall–Kier alpha value is -2.22. The molecule has 1 aliphatic heterocycles. The molecule has 1 N–H and O–H groups in total. The molecule has 1 aliphatic rings. The quantitative estimate of drug-likeness (QED) is 0.767. The number of carbonyl (C=O) groups excluding carboxylic acids is 1. The van der Waals surface area contributed by atoms with Crippen molar-refractivity contribution in [1.29, 1.82) is 0 Å². The van der Waals surface area contributed by atoms with Gasteiger partial charge in [0.25, 0.3) is 5.91 Å². The average molecular weight is 359 g/mol. The standard InChI is InChI=1S/C18H29N7O/c1-23-13-10-20-17(23)7-5-11-24(2)18(26)16-14-25(22-21-16)12-8-15-6-3-4-9-19-15/h10,13-15,19H,3-9,11-12H2,1-2H3/t15-/m0/s1. The van der Waals surface area contributed by atoms with Gasteiger partial charge in [0.1, 0.15) is 5.82 Å². The lowest BCUT2D eigenvalue weighted by Gasteiger charge is -2.23. The minimum absolute atomic E-state index is 0.0770. The van der Waals surface area contributed by atoms with Gasteiger partial charge in [-0.3, -0.25) is 9.48 Å². The van der Waals surface area contributed by atoms with Crippen molar-refractivity contribution in [2.75, 3.05) is 20.1 Å². The third kappa shape index (κ3) is 4.91. The summed E-state index contributed by atoms with van der Waals surface area (Å²) in [6, 6.07) is 0.556. The highest BCUT2D eigenvalue weighted by atomic mass is 16.2. The van der Waals surface area contributed by atoms with E-state index in [1.165, 1.54) is 19.3 Å². The molecule has 142 valence electrons. The highest BCUT2D eigenvalue weighted by Crippen LogP contribution is 2.11. The van der Waals surface area contributed by atoms with Crippen molar-refractivity contribution < 1.29 is 4.79 Å². The third-order valence-electron chi connectivity index (χ3n) is 5.04. The monoisotopic (exact) mass is 359 g/mol. The maximum atomic E-state index is 12.5. The smallest absolute Gasteiger partial charge is 0.275 e. The van der Waals surface area contributed by atoms with Crippen molar-refractivity contribution in [3.63, 3.8) is 0 Å². The summed E-state index contributed by atoms with van der Waals surface area (Å²) in [7, 11) is 3.80. The highest BCUT2D eigenvalue weighted by Gasteiger charge is 2.17. The van der Waals surface area contributed by atoms with Crippen LogP contribution in [0.15, 0.2) is 18.6 Å². The SMILES string of the molecule is CN(CCCc1nccn1C)C(=O)c1cn(CC[C@@H]2CCCCN2)nn1. The largest absolute Gasteiger partial charge is 0.340 e. The highest BCUT2D eigenvalue weighted by molar-refractivity contribution is 5.91. The third-order valence-corrected chi connectivity index (χ3v) is 5.04. The molecule has 26 heavy (non-hydrogen) atoms. The number of nitrogens with zero attached hydrogens (tertiary/aromatic N) is 6. The van der Waals surface area contributed by atoms with Gasteiger partial charge in [-0.05, 0) is 32.2 Å². The molecule has 1 fully saturated rings. The van der Waals surface area contributed by atoms with E-state index < -0.39 is 0 Å². The van der Waals surface area contributed by atoms with Crippen LogP contribution in [0.4, 0.5) is 0 Å². The lowest BCUT2D eigenvalue weighted by atomic mass is 10.0. The number of piperidine rings is 1. The second-order valence-electron chi connectivity index (χ2n) is 7.09. The summed E-state index contributed by atoms with van der Waals surface area (Å²) in [6.45, 7) is 2.57. The first-order valence-electron chi connectivity index (χ1n) is 9.48. The molecule has 0 saturated carbocycles. The van der Waals surface area contributed by atoms with Crippen LogP contribution in [0, 0.1) is 0 Å². The van der Waals surface area contributed by atoms with Crippen LogP contribution in [0.2, 0.25) is 0 Å². The van der Waals surface area contributed by atoms with E-state index in [9.17, 15) is 4.79 Å². The fraction of sp³-hybridized carbons (Fsp3) is 0.667. The zero-order valence-electron chi connectivity index (χ0n) is 15.8. The second kappa shape index (κ2) is 8.93. The molecule has 1 saturated heterocycles. The lowest BCUT2D eigenvalue weighted by Crippen LogP contribution is -2.34. The predicted molar refractivity (Wildman–Crippen MR) is 98.8 cm³/mol. The van der Waals surface area contributed by atoms with Crippen LogP contribution in [0.5, 0.6) is 0 Å². The first-order valence-corrected chi connectivity index (χ1v) is 9.48. The Balaban J connectivity index is 1.43. The predicted octanol–water partition coefficient (Wildman–Crippen LogP) is 1.25. The van der Waals surface area contributed by atoms with E-state index in [1.807, 2.05) is 24.9 Å². The fourth-order valence-corrected chi connectivity index (χ4v) is 3.37. The van der Waals surface area contributed by atoms with E-state index in [-0.39, 0.29) is 5.91 Å². The Morgan fingerprint density at radius 1 is 1.42 bits per heavy atom. The zero-order chi connectivity index (χ0) is 18.4. The molecule has 3 rings (SSSR count). The first-order chi connectivity index (χ1) is 12.6. The fourth-order valence-electron chi connectivity index (χ4n) is 3.37. The van der Waals surface area contributed by atoms with Crippen LogP contribution < -0.4 is 5.32 Å². The van der Waals surface area contributed by atoms with Gasteiger partial charge in [0.05, 0.1) is 6.20 Å². The van der Waals surface area contributed by atoms with Gasteiger partial charge >= 0.3 is 0 Å². The van der Waals surface area contributed by atoms with Gasteiger partial charge in [0.15, 0.2) is 5.69 Å². The molecule has 0 unspecified atom stereocenters. The molecular formula is C18H29N7O. The Kier molecular flexibility index (Phi) is 6.38. The number of carbonyl (C=O) groups is 1. The second-order valence-corrected chi connectivity index (χ2v) is 7.09. The first kappa shape index (κ1) is 18.6. The molecule has 1 atom stereocenters. The van der Waals surface area contributed by atoms with E-state index in [1.54, 1.807) is 22.0 Å². The number of rotatable bonds is 8. The Morgan fingerprint density at radius 2 is 2.31 bits per heavy atom. The van der Waals surface area contributed by atoms with E-state index >= 15 is 0 Å². The van der Waals surface area contributed by atoms with Crippen molar-refractivity contribution in [1.82, 2.24) is 34.8 Å². The Morgan fingerprint density at radius 3 is 3.04 bits per heavy atom. The molecule has 0 aliphatic carbocycles. The van der Waals surface area contributed by atoms with Crippen molar-refractivity contribution in [3.8, 4) is 0 Å². The van der Waals surface area contributed by atoms with Crippen LogP contribution >= 0.6 is 0 Å². The van der Waals surface area contributed by atoms with E-state index in [0.29, 0.717) is 18.3 Å². The number of hydrogen-bond donors (Lipinski definition) is 1. The molecule has 0 radical (unpaired) electrons. The van der Waals surface area contributed by atoms with E-state index in [4.69, 9.17) is 0 Å². The Labute approximate surface area is 154 Å². The summed E-state index contributed by atoms with van der Waals surface area (Å²) >= 11 is 0. The van der Waals surface area contributed by atoms with Crippen molar-refractivity contribution in [2.45, 2.75) is 51.1 Å². The van der Waals surface area contributed by atoms with Gasteiger partial charge in [-0.1, -0.05) is 11.6 Å². The normalized spacial score (nSPS) is 17.4. The van der Waals surface area contributed by atoms with Crippen LogP contribution in [-0.2, 0) is 20.0 Å². The van der Waals surface area contributed by atoms with Crippen molar-refractivity contribution in [3.05, 3.63) is 30.1 Å². The summed E-state index contributed by atoms with van der Waals surface area (Å²) < 4.78 is 3.79. The van der Waals surface area contributed by atoms with Gasteiger partial charge in [-0.25, -0.2) is 4.98 Å². The summed E-state index contributed by atoms with van der Waals surface area (Å²) in [4.78, 5) is 18.5. The van der Waals surface area contributed by atoms with Crippen LogP contribution in [0.1, 0.15) is 48.4 Å². The molecule has 1 amide bonds. The number of aromatic nitrogens is 5. The van der Waals surface area contributed by atoms with Gasteiger partial charge in [-0.2, -0.15) is 0 Å². The van der Waals surface area contributed by atoms with Crippen molar-refractivity contribution in [2.24, 2.45) is 7.05 Å². The summed E-state index contributed by atoms with van der Waals surface area (Å²) in [5.41, 5.74) is 0.418. The zero-order valence-corrected chi connectivity index (χ0v) is 15.8. The van der Waals surface area contributed by atoms with Crippen LogP contribution in [0.25, 0.3) is 0 Å². The maximum absolute atomic E-state index is 12.5.